The van der Waals surface area contributed by atoms with E-state index >= 15 is 0 Å². The summed E-state index contributed by atoms with van der Waals surface area (Å²) in [5, 5.41) is 8.90. The third kappa shape index (κ3) is 4.04. The van der Waals surface area contributed by atoms with Crippen LogP contribution in [0.15, 0.2) is 34.7 Å². The molecule has 100 valence electrons. The Hall–Kier alpha value is -1.40. The van der Waals surface area contributed by atoms with Gasteiger partial charge in [0.2, 0.25) is 0 Å². The van der Waals surface area contributed by atoms with Crippen molar-refractivity contribution >= 4 is 29.3 Å². The summed E-state index contributed by atoms with van der Waals surface area (Å²) in [5.74, 6) is 0.0104. The maximum absolute atomic E-state index is 11.0. The standard InChI is InChI=1S/C13H14N2O2S2/c1-2-11-14-13(19-15-11)18-10(8-12(16)17)9-6-4-3-5-7-9/h3-7,10H,2,8H2,1H3,(H,16,17). The van der Waals surface area contributed by atoms with Crippen LogP contribution in [0.1, 0.15) is 30.0 Å². The number of aromatic nitrogens is 2. The molecule has 2 aromatic rings. The molecule has 0 spiro atoms. The van der Waals surface area contributed by atoms with Gasteiger partial charge in [-0.15, -0.1) is 0 Å². The van der Waals surface area contributed by atoms with Gasteiger partial charge in [0.1, 0.15) is 5.82 Å². The molecule has 1 unspecified atom stereocenters. The number of carboxylic acid groups (broad SMARTS) is 1. The molecule has 6 heteroatoms. The summed E-state index contributed by atoms with van der Waals surface area (Å²) in [6.45, 7) is 2.00. The number of hydrogen-bond acceptors (Lipinski definition) is 5. The van der Waals surface area contributed by atoms with Crippen molar-refractivity contribution < 1.29 is 9.90 Å². The van der Waals surface area contributed by atoms with E-state index in [0.717, 1.165) is 22.1 Å². The van der Waals surface area contributed by atoms with E-state index in [9.17, 15) is 4.79 Å². The molecule has 1 heterocycles. The fraction of sp³-hybridized carbons (Fsp3) is 0.308. The summed E-state index contributed by atoms with van der Waals surface area (Å²) in [4.78, 5) is 15.4. The normalized spacial score (nSPS) is 12.3. The molecule has 0 aliphatic heterocycles. The topological polar surface area (TPSA) is 63.1 Å². The first-order chi connectivity index (χ1) is 9.19. The van der Waals surface area contributed by atoms with Crippen LogP contribution < -0.4 is 0 Å². The quantitative estimate of drug-likeness (QED) is 0.827. The Morgan fingerprint density at radius 3 is 2.74 bits per heavy atom. The lowest BCUT2D eigenvalue weighted by molar-refractivity contribution is -0.137. The van der Waals surface area contributed by atoms with E-state index in [1.807, 2.05) is 37.3 Å². The Kier molecular flexibility index (Phi) is 4.93. The maximum Gasteiger partial charge on any atom is 0.304 e. The maximum atomic E-state index is 11.0. The molecule has 1 aromatic carbocycles. The predicted octanol–water partition coefficient (Wildman–Crippen LogP) is 3.41. The van der Waals surface area contributed by atoms with Crippen molar-refractivity contribution in [1.82, 2.24) is 9.36 Å². The largest absolute Gasteiger partial charge is 0.481 e. The molecule has 1 N–H and O–H groups in total. The van der Waals surface area contributed by atoms with Gasteiger partial charge in [-0.1, -0.05) is 49.0 Å². The highest BCUT2D eigenvalue weighted by molar-refractivity contribution is 8.01. The van der Waals surface area contributed by atoms with E-state index in [2.05, 4.69) is 9.36 Å². The van der Waals surface area contributed by atoms with Crippen molar-refractivity contribution in [2.45, 2.75) is 29.4 Å². The van der Waals surface area contributed by atoms with Gasteiger partial charge in [-0.3, -0.25) is 4.79 Å². The van der Waals surface area contributed by atoms with Crippen LogP contribution in [0, 0.1) is 0 Å². The second-order valence-corrected chi connectivity index (χ2v) is 6.15. The average Bonchev–Trinajstić information content (AvgIpc) is 2.86. The Morgan fingerprint density at radius 2 is 2.16 bits per heavy atom. The van der Waals surface area contributed by atoms with E-state index in [1.165, 1.54) is 23.3 Å². The molecule has 0 radical (unpaired) electrons. The van der Waals surface area contributed by atoms with Crippen molar-refractivity contribution in [2.75, 3.05) is 0 Å². The number of nitrogens with zero attached hydrogens (tertiary/aromatic N) is 2. The monoisotopic (exact) mass is 294 g/mol. The summed E-state index contributed by atoms with van der Waals surface area (Å²) in [7, 11) is 0. The van der Waals surface area contributed by atoms with Gasteiger partial charge < -0.3 is 5.11 Å². The van der Waals surface area contributed by atoms with Crippen molar-refractivity contribution in [3.8, 4) is 0 Å². The van der Waals surface area contributed by atoms with Gasteiger partial charge in [-0.25, -0.2) is 4.98 Å². The van der Waals surface area contributed by atoms with Gasteiger partial charge in [0.15, 0.2) is 4.34 Å². The zero-order chi connectivity index (χ0) is 13.7. The number of rotatable bonds is 6. The summed E-state index contributed by atoms with van der Waals surface area (Å²) in [6.07, 6.45) is 0.877. The number of carbonyl (C=O) groups is 1. The van der Waals surface area contributed by atoms with Crippen LogP contribution in [0.25, 0.3) is 0 Å². The zero-order valence-corrected chi connectivity index (χ0v) is 12.1. The molecule has 19 heavy (non-hydrogen) atoms. The molecule has 0 aliphatic carbocycles. The first-order valence-corrected chi connectivity index (χ1v) is 7.60. The SMILES string of the molecule is CCc1nsc(SC(CC(=O)O)c2ccccc2)n1. The van der Waals surface area contributed by atoms with E-state index in [-0.39, 0.29) is 11.7 Å². The van der Waals surface area contributed by atoms with E-state index in [1.54, 1.807) is 0 Å². The fourth-order valence-corrected chi connectivity index (χ4v) is 3.66. The highest BCUT2D eigenvalue weighted by Crippen LogP contribution is 2.38. The van der Waals surface area contributed by atoms with Gasteiger partial charge in [0, 0.05) is 11.7 Å². The predicted molar refractivity (Wildman–Crippen MR) is 76.6 cm³/mol. The average molecular weight is 294 g/mol. The molecule has 4 nitrogen and oxygen atoms in total. The molecule has 0 bridgehead atoms. The molecule has 0 amide bonds. The number of aryl methyl sites for hydroxylation is 1. The van der Waals surface area contributed by atoms with Crippen LogP contribution in [-0.4, -0.2) is 20.4 Å². The fourth-order valence-electron chi connectivity index (χ4n) is 1.60. The smallest absolute Gasteiger partial charge is 0.304 e. The molecule has 2 rings (SSSR count). The summed E-state index contributed by atoms with van der Waals surface area (Å²) in [5.41, 5.74) is 1.00. The van der Waals surface area contributed by atoms with Crippen LogP contribution in [0.2, 0.25) is 0 Å². The highest BCUT2D eigenvalue weighted by atomic mass is 32.2. The van der Waals surface area contributed by atoms with Gasteiger partial charge in [-0.05, 0) is 17.1 Å². The molecule has 0 aliphatic rings. The number of thioether (sulfide) groups is 1. The Morgan fingerprint density at radius 1 is 1.42 bits per heavy atom. The Labute approximate surface area is 120 Å². The summed E-state index contributed by atoms with van der Waals surface area (Å²) in [6, 6.07) is 9.65. The van der Waals surface area contributed by atoms with Gasteiger partial charge in [-0.2, -0.15) is 4.37 Å². The molecule has 1 aromatic heterocycles. The summed E-state index contributed by atoms with van der Waals surface area (Å²) >= 11 is 2.80. The molecule has 0 fully saturated rings. The zero-order valence-electron chi connectivity index (χ0n) is 10.4. The van der Waals surface area contributed by atoms with Crippen LogP contribution in [0.4, 0.5) is 0 Å². The van der Waals surface area contributed by atoms with Gasteiger partial charge >= 0.3 is 5.97 Å². The van der Waals surface area contributed by atoms with Crippen LogP contribution in [-0.2, 0) is 11.2 Å². The molecule has 0 saturated heterocycles. The lowest BCUT2D eigenvalue weighted by Gasteiger charge is -2.12. The number of aliphatic carboxylic acids is 1. The van der Waals surface area contributed by atoms with Crippen molar-refractivity contribution in [1.29, 1.82) is 0 Å². The molecular weight excluding hydrogens is 280 g/mol. The van der Waals surface area contributed by atoms with E-state index in [0.29, 0.717) is 0 Å². The highest BCUT2D eigenvalue weighted by Gasteiger charge is 2.19. The van der Waals surface area contributed by atoms with Gasteiger partial charge in [0.05, 0.1) is 6.42 Å². The number of carboxylic acids is 1. The molecule has 0 saturated carbocycles. The lowest BCUT2D eigenvalue weighted by atomic mass is 10.1. The van der Waals surface area contributed by atoms with Crippen LogP contribution >= 0.6 is 23.3 Å². The van der Waals surface area contributed by atoms with Crippen molar-refractivity contribution in [3.63, 3.8) is 0 Å². The minimum atomic E-state index is -0.804. The third-order valence-electron chi connectivity index (χ3n) is 2.54. The first-order valence-electron chi connectivity index (χ1n) is 5.95. The number of hydrogen-bond donors (Lipinski definition) is 1. The second-order valence-electron chi connectivity index (χ2n) is 3.95. The molecular formula is C13H14N2O2S2. The van der Waals surface area contributed by atoms with E-state index in [4.69, 9.17) is 5.11 Å². The lowest BCUT2D eigenvalue weighted by Crippen LogP contribution is -2.03. The Bertz CT molecular complexity index is 543. The minimum absolute atomic E-state index is 0.0791. The minimum Gasteiger partial charge on any atom is -0.481 e. The Balaban J connectivity index is 2.16. The van der Waals surface area contributed by atoms with Gasteiger partial charge in [0.25, 0.3) is 0 Å². The van der Waals surface area contributed by atoms with Crippen LogP contribution in [0.5, 0.6) is 0 Å². The molecule has 1 atom stereocenters. The third-order valence-corrected chi connectivity index (χ3v) is 4.62. The number of benzene rings is 1. The van der Waals surface area contributed by atoms with Crippen LogP contribution in [0.3, 0.4) is 0 Å². The summed E-state index contributed by atoms with van der Waals surface area (Å²) < 4.78 is 5.05. The van der Waals surface area contributed by atoms with E-state index < -0.39 is 5.97 Å². The van der Waals surface area contributed by atoms with Crippen molar-refractivity contribution in [3.05, 3.63) is 41.7 Å². The first kappa shape index (κ1) is 14.0. The van der Waals surface area contributed by atoms with Crippen molar-refractivity contribution in [2.24, 2.45) is 0 Å². The second kappa shape index (κ2) is 6.68.